The monoisotopic (exact) mass is 572 g/mol. The molecule has 1 N–H and O–H groups in total. The molecule has 0 aliphatic rings. The Balaban J connectivity index is 0.000000285. The summed E-state index contributed by atoms with van der Waals surface area (Å²) in [5.74, 6) is 0.104. The second kappa shape index (κ2) is 9.23. The van der Waals surface area contributed by atoms with Crippen LogP contribution in [0, 0.1) is 30.7 Å². The second-order valence-corrected chi connectivity index (χ2v) is 9.19. The number of fused-ring (bicyclic) bond motifs is 3. The summed E-state index contributed by atoms with van der Waals surface area (Å²) in [7, 11) is 0. The van der Waals surface area contributed by atoms with Gasteiger partial charge in [-0.25, -0.2) is 0 Å². The predicted molar refractivity (Wildman–Crippen MR) is 116 cm³/mol. The van der Waals surface area contributed by atoms with Crippen molar-refractivity contribution < 1.29 is 30.0 Å². The quantitative estimate of drug-likeness (QED) is 0.222. The predicted octanol–water partition coefficient (Wildman–Crippen LogP) is 5.99. The molecule has 159 valence electrons. The summed E-state index contributed by atoms with van der Waals surface area (Å²) in [6.45, 7) is 15.2. The minimum Gasteiger partial charge on any atom is -0.512 e. The van der Waals surface area contributed by atoms with Crippen LogP contribution in [0.1, 0.15) is 52.9 Å². The van der Waals surface area contributed by atoms with Gasteiger partial charge in [-0.15, -0.1) is 35.0 Å². The van der Waals surface area contributed by atoms with E-state index in [1.807, 2.05) is 60.6 Å². The Labute approximate surface area is 187 Å². The van der Waals surface area contributed by atoms with E-state index in [1.165, 1.54) is 17.2 Å². The number of carbonyl (C=O) groups excluding carboxylic acids is 1. The zero-order valence-corrected chi connectivity index (χ0v) is 20.9. The number of aliphatic hydroxyl groups excluding tert-OH is 1. The molecule has 0 aliphatic heterocycles. The molecule has 3 rings (SSSR count). The average Bonchev–Trinajstić information content (AvgIpc) is 2.89. The van der Waals surface area contributed by atoms with Crippen LogP contribution in [-0.2, 0) is 24.9 Å². The standard InChI is InChI=1S/C13H11N2.C11H20O2.Ir/c1-9-10(2)15-8-7-11-5-3-4-6-12(11)13(15)14-9;1-10(2,3)8(12)7-9(13)11(4,5)6;/h3-5,7-8H,1-2H3;7,12H,1-6H3;/q-1;;. The fourth-order valence-electron chi connectivity index (χ4n) is 2.48. The van der Waals surface area contributed by atoms with Gasteiger partial charge < -0.3 is 9.51 Å². The summed E-state index contributed by atoms with van der Waals surface area (Å²) in [6, 6.07) is 11.4. The number of rotatable bonds is 1. The van der Waals surface area contributed by atoms with Gasteiger partial charge in [0.2, 0.25) is 0 Å². The number of ketones is 1. The Morgan fingerprint density at radius 2 is 1.72 bits per heavy atom. The minimum atomic E-state index is -0.417. The fraction of sp³-hybridized carbons (Fsp3) is 0.417. The van der Waals surface area contributed by atoms with E-state index in [-0.39, 0.29) is 37.1 Å². The summed E-state index contributed by atoms with van der Waals surface area (Å²) >= 11 is 0. The maximum Gasteiger partial charge on any atom is 0.164 e. The van der Waals surface area contributed by atoms with Crippen LogP contribution in [0.25, 0.3) is 16.4 Å². The molecule has 4 nitrogen and oxygen atoms in total. The van der Waals surface area contributed by atoms with E-state index in [9.17, 15) is 9.90 Å². The molecule has 5 heteroatoms. The van der Waals surface area contributed by atoms with Crippen molar-refractivity contribution in [2.75, 3.05) is 0 Å². The Morgan fingerprint density at radius 3 is 2.28 bits per heavy atom. The average molecular weight is 572 g/mol. The van der Waals surface area contributed by atoms with Crippen molar-refractivity contribution in [1.82, 2.24) is 9.38 Å². The van der Waals surface area contributed by atoms with Gasteiger partial charge in [0.25, 0.3) is 0 Å². The van der Waals surface area contributed by atoms with E-state index in [2.05, 4.69) is 40.7 Å². The summed E-state index contributed by atoms with van der Waals surface area (Å²) in [4.78, 5) is 16.1. The van der Waals surface area contributed by atoms with Crippen molar-refractivity contribution in [2.24, 2.45) is 10.8 Å². The van der Waals surface area contributed by atoms with Gasteiger partial charge in [-0.05, 0) is 20.0 Å². The number of aryl methyl sites for hydroxylation is 2. The van der Waals surface area contributed by atoms with E-state index in [4.69, 9.17) is 0 Å². The molecule has 0 saturated carbocycles. The van der Waals surface area contributed by atoms with Crippen molar-refractivity contribution in [3.8, 4) is 0 Å². The first kappa shape index (κ1) is 25.1. The molecule has 0 amide bonds. The van der Waals surface area contributed by atoms with Crippen LogP contribution in [0.2, 0.25) is 0 Å². The largest absolute Gasteiger partial charge is 0.512 e. The van der Waals surface area contributed by atoms with Gasteiger partial charge in [0.05, 0.1) is 5.65 Å². The third kappa shape index (κ3) is 6.00. The number of pyridine rings is 1. The van der Waals surface area contributed by atoms with Crippen LogP contribution in [-0.4, -0.2) is 20.3 Å². The van der Waals surface area contributed by atoms with Crippen molar-refractivity contribution in [3.63, 3.8) is 0 Å². The number of benzene rings is 1. The van der Waals surface area contributed by atoms with E-state index in [0.717, 1.165) is 16.7 Å². The Morgan fingerprint density at radius 1 is 1.10 bits per heavy atom. The van der Waals surface area contributed by atoms with Gasteiger partial charge in [-0.1, -0.05) is 47.6 Å². The molecule has 1 radical (unpaired) electrons. The first-order valence-electron chi connectivity index (χ1n) is 9.52. The molecule has 0 spiro atoms. The van der Waals surface area contributed by atoms with Crippen LogP contribution >= 0.6 is 0 Å². The maximum atomic E-state index is 11.5. The van der Waals surface area contributed by atoms with Gasteiger partial charge in [0.1, 0.15) is 5.76 Å². The molecular formula is C24H31IrN2O2-. The number of hydrogen-bond acceptors (Lipinski definition) is 3. The molecule has 0 fully saturated rings. The third-order valence-electron chi connectivity index (χ3n) is 4.68. The van der Waals surface area contributed by atoms with E-state index in [1.54, 1.807) is 0 Å². The first-order valence-corrected chi connectivity index (χ1v) is 9.52. The smallest absolute Gasteiger partial charge is 0.164 e. The maximum absolute atomic E-state index is 11.5. The molecule has 2 aromatic heterocycles. The van der Waals surface area contributed by atoms with Gasteiger partial charge in [0, 0.05) is 48.4 Å². The summed E-state index contributed by atoms with van der Waals surface area (Å²) in [5, 5.41) is 11.8. The summed E-state index contributed by atoms with van der Waals surface area (Å²) < 4.78 is 2.12. The third-order valence-corrected chi connectivity index (χ3v) is 4.68. The van der Waals surface area contributed by atoms with Gasteiger partial charge >= 0.3 is 0 Å². The fourth-order valence-corrected chi connectivity index (χ4v) is 2.48. The van der Waals surface area contributed by atoms with Crippen LogP contribution < -0.4 is 0 Å². The minimum absolute atomic E-state index is 0. The molecule has 0 aliphatic carbocycles. The van der Waals surface area contributed by atoms with E-state index < -0.39 is 5.41 Å². The molecular weight excluding hydrogens is 540 g/mol. The zero-order chi connectivity index (χ0) is 21.3. The summed E-state index contributed by atoms with van der Waals surface area (Å²) in [5.41, 5.74) is 2.52. The van der Waals surface area contributed by atoms with Crippen LogP contribution in [0.3, 0.4) is 0 Å². The topological polar surface area (TPSA) is 54.6 Å². The molecule has 0 bridgehead atoms. The van der Waals surface area contributed by atoms with E-state index >= 15 is 0 Å². The number of nitrogens with zero attached hydrogens (tertiary/aromatic N) is 2. The van der Waals surface area contributed by atoms with Crippen LogP contribution in [0.15, 0.2) is 42.3 Å². The van der Waals surface area contributed by atoms with Crippen molar-refractivity contribution in [2.45, 2.75) is 55.4 Å². The Hall–Kier alpha value is -1.97. The molecule has 1 aromatic carbocycles. The number of allylic oxidation sites excluding steroid dienone is 2. The molecule has 0 unspecified atom stereocenters. The van der Waals surface area contributed by atoms with Crippen molar-refractivity contribution in [3.05, 3.63) is 59.8 Å². The normalized spacial score (nSPS) is 12.3. The number of carbonyl (C=O) groups is 1. The number of imidazole rings is 1. The van der Waals surface area contributed by atoms with Gasteiger partial charge in [0.15, 0.2) is 5.78 Å². The van der Waals surface area contributed by atoms with Crippen molar-refractivity contribution >= 4 is 22.2 Å². The Bertz CT molecular complexity index is 1030. The Kier molecular flexibility index (Phi) is 7.98. The van der Waals surface area contributed by atoms with E-state index in [0.29, 0.717) is 0 Å². The molecule has 29 heavy (non-hydrogen) atoms. The number of aromatic nitrogens is 2. The van der Waals surface area contributed by atoms with Crippen molar-refractivity contribution in [1.29, 1.82) is 0 Å². The summed E-state index contributed by atoms with van der Waals surface area (Å²) in [6.07, 6.45) is 3.40. The van der Waals surface area contributed by atoms with Crippen LogP contribution in [0.5, 0.6) is 0 Å². The zero-order valence-electron chi connectivity index (χ0n) is 18.5. The molecule has 0 atom stereocenters. The number of aliphatic hydroxyl groups is 1. The second-order valence-electron chi connectivity index (χ2n) is 9.19. The molecule has 2 heterocycles. The van der Waals surface area contributed by atoms with Gasteiger partial charge in [-0.2, -0.15) is 0 Å². The number of hydrogen-bond donors (Lipinski definition) is 1. The molecule has 0 saturated heterocycles. The first-order chi connectivity index (χ1) is 12.8. The SMILES string of the molecule is CC(C)(C)C(=O)C=C(O)C(C)(C)C.Cc1nc2c3[c-]cccc3ccn2c1C.[Ir]. The molecule has 3 aromatic rings. The van der Waals surface area contributed by atoms with Crippen LogP contribution in [0.4, 0.5) is 0 Å². The van der Waals surface area contributed by atoms with Gasteiger partial charge in [-0.3, -0.25) is 9.78 Å².